The molecule has 0 amide bonds. The highest BCUT2D eigenvalue weighted by atomic mass is 19.1. The third kappa shape index (κ3) is 7.81. The normalized spacial score (nSPS) is 22.9. The Morgan fingerprint density at radius 3 is 2.73 bits per heavy atom. The predicted molar refractivity (Wildman–Crippen MR) is 101 cm³/mol. The summed E-state index contributed by atoms with van der Waals surface area (Å²) in [5.74, 6) is -1.75. The molecule has 0 aliphatic heterocycles. The zero-order valence-corrected chi connectivity index (χ0v) is 15.8. The van der Waals surface area contributed by atoms with E-state index in [1.54, 1.807) is 0 Å². The van der Waals surface area contributed by atoms with Crippen LogP contribution in [0.15, 0.2) is 24.3 Å². The molecule has 1 aliphatic carbocycles. The molecule has 1 aliphatic rings. The third-order valence-electron chi connectivity index (χ3n) is 5.07. The second-order valence-corrected chi connectivity index (χ2v) is 7.33. The molecule has 4 atom stereocenters. The van der Waals surface area contributed by atoms with Crippen molar-refractivity contribution in [2.24, 2.45) is 11.8 Å². The van der Waals surface area contributed by atoms with Crippen molar-refractivity contribution >= 4 is 11.8 Å². The molecule has 0 aromatic rings. The van der Waals surface area contributed by atoms with E-state index in [-0.39, 0.29) is 25.0 Å². The van der Waals surface area contributed by atoms with E-state index in [0.29, 0.717) is 31.3 Å². The molecule has 0 unspecified atom stereocenters. The van der Waals surface area contributed by atoms with Crippen LogP contribution in [0.4, 0.5) is 4.39 Å². The molecule has 0 saturated heterocycles. The van der Waals surface area contributed by atoms with Crippen molar-refractivity contribution in [3.05, 3.63) is 24.3 Å². The van der Waals surface area contributed by atoms with Crippen molar-refractivity contribution in [1.29, 1.82) is 0 Å². The second kappa shape index (κ2) is 12.0. The second-order valence-electron chi connectivity index (χ2n) is 7.33. The van der Waals surface area contributed by atoms with Crippen LogP contribution in [0.25, 0.3) is 0 Å². The van der Waals surface area contributed by atoms with E-state index < -0.39 is 30.1 Å². The van der Waals surface area contributed by atoms with Gasteiger partial charge in [-0.1, -0.05) is 50.5 Å². The summed E-state index contributed by atoms with van der Waals surface area (Å²) in [5, 5.41) is 18.6. The van der Waals surface area contributed by atoms with Gasteiger partial charge in [0.2, 0.25) is 0 Å². The van der Waals surface area contributed by atoms with Gasteiger partial charge in [0.1, 0.15) is 12.0 Å². The van der Waals surface area contributed by atoms with Crippen LogP contribution in [0.1, 0.15) is 71.1 Å². The maximum Gasteiger partial charge on any atom is 0.303 e. The molecule has 0 spiro atoms. The van der Waals surface area contributed by atoms with Gasteiger partial charge in [0.05, 0.1) is 6.10 Å². The van der Waals surface area contributed by atoms with Crippen LogP contribution in [0.5, 0.6) is 0 Å². The lowest BCUT2D eigenvalue weighted by atomic mass is 9.84. The Bertz CT molecular complexity index is 500. The first kappa shape index (κ1) is 22.6. The molecule has 5 heteroatoms. The fourth-order valence-corrected chi connectivity index (χ4v) is 3.63. The third-order valence-corrected chi connectivity index (χ3v) is 5.07. The molecule has 1 rings (SSSR count). The van der Waals surface area contributed by atoms with Gasteiger partial charge in [0.15, 0.2) is 0 Å². The Labute approximate surface area is 156 Å². The summed E-state index contributed by atoms with van der Waals surface area (Å²) in [6.45, 7) is 5.97. The van der Waals surface area contributed by atoms with E-state index >= 15 is 0 Å². The Morgan fingerprint density at radius 2 is 2.08 bits per heavy atom. The zero-order valence-electron chi connectivity index (χ0n) is 15.8. The number of halogens is 1. The van der Waals surface area contributed by atoms with E-state index in [2.05, 4.69) is 13.5 Å². The van der Waals surface area contributed by atoms with Crippen LogP contribution in [-0.2, 0) is 9.59 Å². The van der Waals surface area contributed by atoms with Crippen molar-refractivity contribution in [1.82, 2.24) is 0 Å². The van der Waals surface area contributed by atoms with Gasteiger partial charge >= 0.3 is 5.97 Å². The van der Waals surface area contributed by atoms with Gasteiger partial charge in [-0.2, -0.15) is 0 Å². The van der Waals surface area contributed by atoms with E-state index in [4.69, 9.17) is 5.11 Å². The van der Waals surface area contributed by atoms with Gasteiger partial charge < -0.3 is 10.2 Å². The molecule has 1 fully saturated rings. The number of aliphatic hydroxyl groups excluding tert-OH is 1. The number of carbonyl (C=O) groups excluding carboxylic acids is 1. The average Bonchev–Trinajstić information content (AvgIpc) is 2.84. The maximum atomic E-state index is 14.8. The van der Waals surface area contributed by atoms with Gasteiger partial charge in [-0.25, -0.2) is 4.39 Å². The Morgan fingerprint density at radius 1 is 1.35 bits per heavy atom. The summed E-state index contributed by atoms with van der Waals surface area (Å²) in [7, 11) is 0. The Hall–Kier alpha value is -1.49. The lowest BCUT2D eigenvalue weighted by molar-refractivity contribution is -0.137. The van der Waals surface area contributed by atoms with Crippen LogP contribution < -0.4 is 0 Å². The molecule has 0 aromatic heterocycles. The van der Waals surface area contributed by atoms with Crippen LogP contribution in [0, 0.1) is 11.8 Å². The van der Waals surface area contributed by atoms with E-state index in [0.717, 1.165) is 19.3 Å². The summed E-state index contributed by atoms with van der Waals surface area (Å²) >= 11 is 0. The van der Waals surface area contributed by atoms with Crippen molar-refractivity contribution in [2.45, 2.75) is 83.4 Å². The van der Waals surface area contributed by atoms with Crippen LogP contribution in [0.3, 0.4) is 0 Å². The number of hydrogen-bond acceptors (Lipinski definition) is 3. The minimum atomic E-state index is -1.25. The summed E-state index contributed by atoms with van der Waals surface area (Å²) in [6, 6.07) is 0. The molecule has 0 heterocycles. The molecule has 2 N–H and O–H groups in total. The first-order chi connectivity index (χ1) is 12.4. The molecule has 0 radical (unpaired) electrons. The topological polar surface area (TPSA) is 74.6 Å². The minimum Gasteiger partial charge on any atom is -0.481 e. The fraction of sp³-hybridized carbons (Fsp3) is 0.714. The van der Waals surface area contributed by atoms with E-state index in [1.165, 1.54) is 0 Å². The number of aliphatic hydroxyl groups is 1. The van der Waals surface area contributed by atoms with Crippen molar-refractivity contribution in [3.8, 4) is 0 Å². The minimum absolute atomic E-state index is 0.0123. The summed E-state index contributed by atoms with van der Waals surface area (Å²) in [6.07, 6.45) is 7.37. The summed E-state index contributed by atoms with van der Waals surface area (Å²) in [4.78, 5) is 22.7. The van der Waals surface area contributed by atoms with Crippen LogP contribution in [-0.4, -0.2) is 34.2 Å². The lowest BCUT2D eigenvalue weighted by Crippen LogP contribution is -2.27. The molecule has 0 aromatic carbocycles. The number of carboxylic acid groups (broad SMARTS) is 1. The number of Topliss-reactive ketones (excluding diaryl/α,β-unsaturated/α-hetero) is 1. The standard InChI is InChI=1S/C21H33FO4/c1-3-4-7-10-16(23)14-18(22)21-15(2)13-19(24)17(21)11-8-5-6-9-12-20(25)26/h5,8,16-18,21,23H,2-4,6-7,9-14H2,1H3,(H,25,26)/t16-,17-,18+,21-/m0/s1. The van der Waals surface area contributed by atoms with Crippen molar-refractivity contribution in [3.63, 3.8) is 0 Å². The van der Waals surface area contributed by atoms with Gasteiger partial charge in [-0.3, -0.25) is 9.59 Å². The van der Waals surface area contributed by atoms with Crippen LogP contribution in [0.2, 0.25) is 0 Å². The highest BCUT2D eigenvalue weighted by Gasteiger charge is 2.41. The van der Waals surface area contributed by atoms with Gasteiger partial charge in [-0.15, -0.1) is 0 Å². The quantitative estimate of drug-likeness (QED) is 0.367. The number of hydrogen-bond donors (Lipinski definition) is 2. The predicted octanol–water partition coefficient (Wildman–Crippen LogP) is 4.62. The number of ketones is 1. The van der Waals surface area contributed by atoms with Crippen molar-refractivity contribution in [2.75, 3.05) is 0 Å². The first-order valence-electron chi connectivity index (χ1n) is 9.76. The molecular weight excluding hydrogens is 335 g/mol. The molecule has 148 valence electrons. The number of rotatable bonds is 13. The highest BCUT2D eigenvalue weighted by molar-refractivity contribution is 5.87. The number of carbonyl (C=O) groups is 2. The monoisotopic (exact) mass is 368 g/mol. The Balaban J connectivity index is 2.52. The molecule has 0 bridgehead atoms. The largest absolute Gasteiger partial charge is 0.481 e. The fourth-order valence-electron chi connectivity index (χ4n) is 3.63. The van der Waals surface area contributed by atoms with E-state index in [1.807, 2.05) is 12.2 Å². The number of alkyl halides is 1. The summed E-state index contributed by atoms with van der Waals surface area (Å²) < 4.78 is 14.8. The Kier molecular flexibility index (Phi) is 10.4. The molecular formula is C21H33FO4. The average molecular weight is 368 g/mol. The molecule has 26 heavy (non-hydrogen) atoms. The van der Waals surface area contributed by atoms with Gasteiger partial charge in [0.25, 0.3) is 0 Å². The zero-order chi connectivity index (χ0) is 19.5. The van der Waals surface area contributed by atoms with Gasteiger partial charge in [0, 0.05) is 31.1 Å². The number of allylic oxidation sites excluding steroid dienone is 3. The highest BCUT2D eigenvalue weighted by Crippen LogP contribution is 2.40. The SMILES string of the molecule is C=C1CC(=O)[C@H](CC=CCCCC(=O)O)[C@H]1[C@H](F)C[C@@H](O)CCCCC. The maximum absolute atomic E-state index is 14.8. The number of carboxylic acids is 1. The lowest BCUT2D eigenvalue weighted by Gasteiger charge is -2.24. The number of unbranched alkanes of at least 4 members (excludes halogenated alkanes) is 3. The smallest absolute Gasteiger partial charge is 0.303 e. The molecule has 1 saturated carbocycles. The van der Waals surface area contributed by atoms with Gasteiger partial charge in [-0.05, 0) is 25.7 Å². The number of aliphatic carboxylic acids is 1. The molecule has 4 nitrogen and oxygen atoms in total. The summed E-state index contributed by atoms with van der Waals surface area (Å²) in [5.41, 5.74) is 0.632. The first-order valence-corrected chi connectivity index (χ1v) is 9.76. The van der Waals surface area contributed by atoms with Crippen LogP contribution >= 0.6 is 0 Å². The van der Waals surface area contributed by atoms with E-state index in [9.17, 15) is 19.1 Å². The van der Waals surface area contributed by atoms with Crippen molar-refractivity contribution < 1.29 is 24.2 Å².